The van der Waals surface area contributed by atoms with E-state index in [0.717, 1.165) is 5.92 Å². The molecule has 1 aromatic rings. The minimum Gasteiger partial charge on any atom is -0.313 e. The highest BCUT2D eigenvalue weighted by molar-refractivity contribution is 7.99. The zero-order chi connectivity index (χ0) is 13.0. The number of benzene rings is 1. The van der Waals surface area contributed by atoms with Gasteiger partial charge in [-0.05, 0) is 61.4 Å². The lowest BCUT2D eigenvalue weighted by molar-refractivity contribution is 0.384. The molecule has 0 aliphatic carbocycles. The lowest BCUT2D eigenvalue weighted by atomic mass is 9.91. The summed E-state index contributed by atoms with van der Waals surface area (Å²) in [5.74, 6) is 3.45. The van der Waals surface area contributed by atoms with Crippen LogP contribution in [0.3, 0.4) is 0 Å². The quantitative estimate of drug-likeness (QED) is 0.858. The maximum absolute atomic E-state index is 6.09. The molecule has 1 nitrogen and oxygen atoms in total. The largest absolute Gasteiger partial charge is 0.313 e. The van der Waals surface area contributed by atoms with Gasteiger partial charge in [-0.1, -0.05) is 29.3 Å². The lowest BCUT2D eigenvalue weighted by Crippen LogP contribution is -2.22. The van der Waals surface area contributed by atoms with Gasteiger partial charge < -0.3 is 5.32 Å². The normalized spacial score (nSPS) is 18.8. The minimum atomic E-state index is 0.382. The first kappa shape index (κ1) is 14.5. The Morgan fingerprint density at radius 2 is 2.00 bits per heavy atom. The molecule has 1 heterocycles. The molecule has 0 aromatic heterocycles. The second-order valence-corrected chi connectivity index (χ2v) is 6.85. The SMILES string of the molecule is CNC(CC1CCSCC1)c1ccc(Cl)c(Cl)c1. The Kier molecular flexibility index (Phi) is 5.68. The van der Waals surface area contributed by atoms with Gasteiger partial charge in [0.2, 0.25) is 0 Å². The predicted molar refractivity (Wildman–Crippen MR) is 82.9 cm³/mol. The molecule has 2 rings (SSSR count). The summed E-state index contributed by atoms with van der Waals surface area (Å²) >= 11 is 14.1. The van der Waals surface area contributed by atoms with Crippen molar-refractivity contribution in [2.75, 3.05) is 18.6 Å². The lowest BCUT2D eigenvalue weighted by Gasteiger charge is -2.26. The molecular formula is C14H19Cl2NS. The van der Waals surface area contributed by atoms with E-state index in [1.165, 1.54) is 36.3 Å². The molecule has 1 aromatic carbocycles. The van der Waals surface area contributed by atoms with Crippen LogP contribution in [0.2, 0.25) is 10.0 Å². The maximum atomic E-state index is 6.09. The molecule has 1 aliphatic rings. The first-order chi connectivity index (χ1) is 8.70. The van der Waals surface area contributed by atoms with Gasteiger partial charge >= 0.3 is 0 Å². The van der Waals surface area contributed by atoms with Crippen LogP contribution in [0.5, 0.6) is 0 Å². The monoisotopic (exact) mass is 303 g/mol. The topological polar surface area (TPSA) is 12.0 Å². The minimum absolute atomic E-state index is 0.382. The van der Waals surface area contributed by atoms with Crippen molar-refractivity contribution in [3.8, 4) is 0 Å². The highest BCUT2D eigenvalue weighted by atomic mass is 35.5. The van der Waals surface area contributed by atoms with E-state index in [1.807, 2.05) is 19.2 Å². The van der Waals surface area contributed by atoms with Crippen LogP contribution < -0.4 is 5.32 Å². The Hall–Kier alpha value is 0.110. The van der Waals surface area contributed by atoms with Gasteiger partial charge in [0, 0.05) is 6.04 Å². The van der Waals surface area contributed by atoms with Crippen LogP contribution in [-0.4, -0.2) is 18.6 Å². The van der Waals surface area contributed by atoms with Crippen LogP contribution in [0.25, 0.3) is 0 Å². The summed E-state index contributed by atoms with van der Waals surface area (Å²) in [6.45, 7) is 0. The van der Waals surface area contributed by atoms with Crippen molar-refractivity contribution in [1.29, 1.82) is 0 Å². The van der Waals surface area contributed by atoms with Crippen LogP contribution in [0.1, 0.15) is 30.9 Å². The Morgan fingerprint density at radius 1 is 1.28 bits per heavy atom. The highest BCUT2D eigenvalue weighted by Gasteiger charge is 2.19. The Balaban J connectivity index is 2.04. The van der Waals surface area contributed by atoms with Gasteiger partial charge in [-0.25, -0.2) is 0 Å². The molecule has 18 heavy (non-hydrogen) atoms. The number of thioether (sulfide) groups is 1. The van der Waals surface area contributed by atoms with Gasteiger partial charge in [0.15, 0.2) is 0 Å². The number of hydrogen-bond donors (Lipinski definition) is 1. The molecule has 0 saturated carbocycles. The van der Waals surface area contributed by atoms with Gasteiger partial charge in [0.25, 0.3) is 0 Å². The first-order valence-corrected chi connectivity index (χ1v) is 8.31. The molecule has 1 atom stereocenters. The third-order valence-corrected chi connectivity index (χ3v) is 5.39. The first-order valence-electron chi connectivity index (χ1n) is 6.40. The molecular weight excluding hydrogens is 285 g/mol. The van der Waals surface area contributed by atoms with Crippen LogP contribution in [-0.2, 0) is 0 Å². The third-order valence-electron chi connectivity index (χ3n) is 3.60. The van der Waals surface area contributed by atoms with Crippen molar-refractivity contribution < 1.29 is 0 Å². The smallest absolute Gasteiger partial charge is 0.0595 e. The van der Waals surface area contributed by atoms with E-state index in [-0.39, 0.29) is 0 Å². The molecule has 1 N–H and O–H groups in total. The number of halogens is 2. The molecule has 0 spiro atoms. The fourth-order valence-corrected chi connectivity index (χ4v) is 3.98. The van der Waals surface area contributed by atoms with E-state index in [1.54, 1.807) is 0 Å². The molecule has 0 amide bonds. The standard InChI is InChI=1S/C14H19Cl2NS/c1-17-14(8-10-4-6-18-7-5-10)11-2-3-12(15)13(16)9-11/h2-3,9-10,14,17H,4-8H2,1H3. The molecule has 1 fully saturated rings. The summed E-state index contributed by atoms with van der Waals surface area (Å²) in [7, 11) is 2.02. The molecule has 100 valence electrons. The zero-order valence-corrected chi connectivity index (χ0v) is 12.9. The van der Waals surface area contributed by atoms with Crippen LogP contribution in [0.4, 0.5) is 0 Å². The fourth-order valence-electron chi connectivity index (χ4n) is 2.47. The van der Waals surface area contributed by atoms with Gasteiger partial charge in [-0.3, -0.25) is 0 Å². The molecule has 1 aliphatic heterocycles. The summed E-state index contributed by atoms with van der Waals surface area (Å²) in [4.78, 5) is 0. The van der Waals surface area contributed by atoms with Crippen molar-refractivity contribution in [2.45, 2.75) is 25.3 Å². The summed E-state index contributed by atoms with van der Waals surface area (Å²) in [5, 5.41) is 4.68. The number of hydrogen-bond acceptors (Lipinski definition) is 2. The van der Waals surface area contributed by atoms with E-state index in [2.05, 4.69) is 23.1 Å². The average molecular weight is 304 g/mol. The van der Waals surface area contributed by atoms with Crippen molar-refractivity contribution in [1.82, 2.24) is 5.32 Å². The fraction of sp³-hybridized carbons (Fsp3) is 0.571. The second kappa shape index (κ2) is 7.04. The molecule has 1 saturated heterocycles. The van der Waals surface area contributed by atoms with Crippen molar-refractivity contribution in [3.63, 3.8) is 0 Å². The third kappa shape index (κ3) is 3.80. The summed E-state index contributed by atoms with van der Waals surface area (Å²) < 4.78 is 0. The Labute approximate surface area is 124 Å². The van der Waals surface area contributed by atoms with Gasteiger partial charge in [-0.2, -0.15) is 11.8 Å². The van der Waals surface area contributed by atoms with Gasteiger partial charge in [0.1, 0.15) is 0 Å². The Bertz CT molecular complexity index is 391. The second-order valence-electron chi connectivity index (χ2n) is 4.81. The van der Waals surface area contributed by atoms with E-state index < -0.39 is 0 Å². The van der Waals surface area contributed by atoms with Crippen LogP contribution in [0, 0.1) is 5.92 Å². The Morgan fingerprint density at radius 3 is 2.61 bits per heavy atom. The van der Waals surface area contributed by atoms with E-state index in [4.69, 9.17) is 23.2 Å². The summed E-state index contributed by atoms with van der Waals surface area (Å²) in [6, 6.07) is 6.34. The molecule has 1 unspecified atom stereocenters. The predicted octanol–water partition coefficient (Wildman–Crippen LogP) is 4.79. The van der Waals surface area contributed by atoms with Crippen LogP contribution >= 0.6 is 35.0 Å². The van der Waals surface area contributed by atoms with E-state index in [9.17, 15) is 0 Å². The van der Waals surface area contributed by atoms with Gasteiger partial charge in [-0.15, -0.1) is 0 Å². The van der Waals surface area contributed by atoms with Crippen molar-refractivity contribution >= 4 is 35.0 Å². The van der Waals surface area contributed by atoms with Gasteiger partial charge in [0.05, 0.1) is 10.0 Å². The molecule has 4 heteroatoms. The van der Waals surface area contributed by atoms with Crippen molar-refractivity contribution in [2.24, 2.45) is 5.92 Å². The molecule has 0 radical (unpaired) electrons. The summed E-state index contributed by atoms with van der Waals surface area (Å²) in [5.41, 5.74) is 1.24. The van der Waals surface area contributed by atoms with E-state index in [0.29, 0.717) is 16.1 Å². The molecule has 0 bridgehead atoms. The zero-order valence-electron chi connectivity index (χ0n) is 10.6. The maximum Gasteiger partial charge on any atom is 0.0595 e. The summed E-state index contributed by atoms with van der Waals surface area (Å²) in [6.07, 6.45) is 3.86. The van der Waals surface area contributed by atoms with E-state index >= 15 is 0 Å². The number of nitrogens with one attached hydrogen (secondary N) is 1. The van der Waals surface area contributed by atoms with Crippen molar-refractivity contribution in [3.05, 3.63) is 33.8 Å². The number of rotatable bonds is 4. The highest BCUT2D eigenvalue weighted by Crippen LogP contribution is 2.32. The van der Waals surface area contributed by atoms with Crippen LogP contribution in [0.15, 0.2) is 18.2 Å². The average Bonchev–Trinajstić information content (AvgIpc) is 2.40.